The van der Waals surface area contributed by atoms with E-state index in [0.29, 0.717) is 0 Å². The van der Waals surface area contributed by atoms with Crippen molar-refractivity contribution in [3.63, 3.8) is 0 Å². The molecule has 1 aliphatic heterocycles. The van der Waals surface area contributed by atoms with Gasteiger partial charge in [-0.05, 0) is 43.2 Å². The predicted octanol–water partition coefficient (Wildman–Crippen LogP) is 4.99. The molecule has 1 unspecified atom stereocenters. The molecule has 1 atom stereocenters. The Hall–Kier alpha value is -3.62. The first-order valence-electron chi connectivity index (χ1n) is 9.26. The van der Waals surface area contributed by atoms with Crippen LogP contribution in [0.5, 0.6) is 0 Å². The molecule has 0 saturated carbocycles. The van der Waals surface area contributed by atoms with Crippen LogP contribution in [0, 0.1) is 11.3 Å². The van der Waals surface area contributed by atoms with Crippen LogP contribution >= 0.6 is 0 Å². The molecule has 3 aromatic rings. The van der Waals surface area contributed by atoms with Gasteiger partial charge in [-0.25, -0.2) is 4.98 Å². The first-order valence-corrected chi connectivity index (χ1v) is 9.26. The van der Waals surface area contributed by atoms with Crippen molar-refractivity contribution in [1.82, 2.24) is 15.1 Å². The minimum Gasteiger partial charge on any atom is -0.361 e. The average Bonchev–Trinajstić information content (AvgIpc) is 3.31. The standard InChI is InChI=1S/C20H13F6N5O/c1-10-7-12-14(6-5-11(8-27)17(12)20(24,25)26)31(10)9-16-29-18(32-30-16)13-3-2-4-15(28-13)19(21,22)23/h2-6,10H,7,9H2,1H3. The Morgan fingerprint density at radius 3 is 2.50 bits per heavy atom. The van der Waals surface area contributed by atoms with Crippen LogP contribution < -0.4 is 4.90 Å². The van der Waals surface area contributed by atoms with Crippen molar-refractivity contribution in [3.05, 3.63) is 58.5 Å². The summed E-state index contributed by atoms with van der Waals surface area (Å²) in [6.45, 7) is 1.67. The Morgan fingerprint density at radius 2 is 1.84 bits per heavy atom. The van der Waals surface area contributed by atoms with Gasteiger partial charge in [-0.3, -0.25) is 0 Å². The molecule has 2 aromatic heterocycles. The summed E-state index contributed by atoms with van der Waals surface area (Å²) in [6.07, 6.45) is -9.29. The van der Waals surface area contributed by atoms with Crippen molar-refractivity contribution in [3.8, 4) is 17.7 Å². The fraction of sp³-hybridized carbons (Fsp3) is 0.300. The molecular weight excluding hydrogens is 440 g/mol. The van der Waals surface area contributed by atoms with E-state index in [1.54, 1.807) is 17.9 Å². The summed E-state index contributed by atoms with van der Waals surface area (Å²) in [4.78, 5) is 9.16. The van der Waals surface area contributed by atoms with E-state index >= 15 is 0 Å². The van der Waals surface area contributed by atoms with Gasteiger partial charge >= 0.3 is 12.4 Å². The van der Waals surface area contributed by atoms with Gasteiger partial charge in [0.25, 0.3) is 5.89 Å². The van der Waals surface area contributed by atoms with E-state index in [1.807, 2.05) is 0 Å². The lowest BCUT2D eigenvalue weighted by Crippen LogP contribution is -2.29. The predicted molar refractivity (Wildman–Crippen MR) is 98.0 cm³/mol. The van der Waals surface area contributed by atoms with E-state index in [4.69, 9.17) is 9.78 Å². The summed E-state index contributed by atoms with van der Waals surface area (Å²) in [6, 6.07) is 6.99. The van der Waals surface area contributed by atoms with Crippen LogP contribution in [0.15, 0.2) is 34.9 Å². The van der Waals surface area contributed by atoms with Crippen molar-refractivity contribution < 1.29 is 30.9 Å². The molecule has 0 N–H and O–H groups in total. The molecule has 3 heterocycles. The number of nitriles is 1. The monoisotopic (exact) mass is 453 g/mol. The maximum atomic E-state index is 13.6. The molecule has 0 aliphatic carbocycles. The zero-order valence-electron chi connectivity index (χ0n) is 16.3. The number of hydrogen-bond donors (Lipinski definition) is 0. The van der Waals surface area contributed by atoms with E-state index in [-0.39, 0.29) is 47.7 Å². The van der Waals surface area contributed by atoms with Gasteiger partial charge in [0.1, 0.15) is 11.4 Å². The largest absolute Gasteiger partial charge is 0.433 e. The van der Waals surface area contributed by atoms with Gasteiger partial charge in [0.15, 0.2) is 5.82 Å². The van der Waals surface area contributed by atoms with Crippen LogP contribution in [0.2, 0.25) is 0 Å². The first kappa shape index (κ1) is 21.6. The summed E-state index contributed by atoms with van der Waals surface area (Å²) in [5, 5.41) is 12.8. The number of halogens is 6. The molecule has 0 fully saturated rings. The van der Waals surface area contributed by atoms with E-state index < -0.39 is 29.2 Å². The topological polar surface area (TPSA) is 78.8 Å². The lowest BCUT2D eigenvalue weighted by atomic mass is 9.98. The van der Waals surface area contributed by atoms with Gasteiger partial charge in [0, 0.05) is 11.7 Å². The number of anilines is 1. The number of benzene rings is 1. The van der Waals surface area contributed by atoms with E-state index in [2.05, 4.69) is 15.1 Å². The highest BCUT2D eigenvalue weighted by Gasteiger charge is 2.41. The molecule has 6 nitrogen and oxygen atoms in total. The smallest absolute Gasteiger partial charge is 0.361 e. The van der Waals surface area contributed by atoms with Crippen molar-refractivity contribution in [1.29, 1.82) is 5.26 Å². The Bertz CT molecular complexity index is 1210. The molecule has 12 heteroatoms. The molecule has 166 valence electrons. The third kappa shape index (κ3) is 3.86. The maximum Gasteiger partial charge on any atom is 0.433 e. The van der Waals surface area contributed by atoms with Crippen LogP contribution in [0.3, 0.4) is 0 Å². The van der Waals surface area contributed by atoms with Gasteiger partial charge in [0.05, 0.1) is 23.7 Å². The molecule has 32 heavy (non-hydrogen) atoms. The molecule has 0 bridgehead atoms. The van der Waals surface area contributed by atoms with Gasteiger partial charge in [0.2, 0.25) is 0 Å². The highest BCUT2D eigenvalue weighted by Crippen LogP contribution is 2.43. The molecular formula is C20H13F6N5O. The highest BCUT2D eigenvalue weighted by atomic mass is 19.4. The number of nitrogens with zero attached hydrogens (tertiary/aromatic N) is 5. The number of aromatic nitrogens is 3. The lowest BCUT2D eigenvalue weighted by molar-refractivity contribution is -0.141. The molecule has 4 rings (SSSR count). The van der Waals surface area contributed by atoms with E-state index in [0.717, 1.165) is 18.2 Å². The minimum absolute atomic E-state index is 0.00677. The second kappa shape index (κ2) is 7.51. The second-order valence-electron chi connectivity index (χ2n) is 7.20. The van der Waals surface area contributed by atoms with Gasteiger partial charge in [-0.15, -0.1) is 0 Å². The van der Waals surface area contributed by atoms with E-state index in [1.165, 1.54) is 12.1 Å². The van der Waals surface area contributed by atoms with Crippen LogP contribution in [0.1, 0.15) is 35.1 Å². The summed E-state index contributed by atoms with van der Waals surface area (Å²) < 4.78 is 84.4. The molecule has 0 saturated heterocycles. The number of fused-ring (bicyclic) bond motifs is 1. The maximum absolute atomic E-state index is 13.6. The zero-order chi connectivity index (χ0) is 23.3. The van der Waals surface area contributed by atoms with Crippen LogP contribution in [0.4, 0.5) is 32.0 Å². The third-order valence-electron chi connectivity index (χ3n) is 5.07. The van der Waals surface area contributed by atoms with Crippen LogP contribution in [-0.2, 0) is 25.3 Å². The number of rotatable bonds is 3. The van der Waals surface area contributed by atoms with Crippen molar-refractivity contribution in [2.24, 2.45) is 0 Å². The fourth-order valence-corrected chi connectivity index (χ4v) is 3.70. The van der Waals surface area contributed by atoms with Crippen molar-refractivity contribution in [2.45, 2.75) is 38.3 Å². The Labute approximate surface area is 177 Å². The number of hydrogen-bond acceptors (Lipinski definition) is 6. The molecule has 1 aliphatic rings. The lowest BCUT2D eigenvalue weighted by Gasteiger charge is -2.23. The Morgan fingerprint density at radius 1 is 1.09 bits per heavy atom. The molecule has 1 aromatic carbocycles. The highest BCUT2D eigenvalue weighted by molar-refractivity contribution is 5.66. The summed E-state index contributed by atoms with van der Waals surface area (Å²) in [5.74, 6) is -0.175. The van der Waals surface area contributed by atoms with Crippen molar-refractivity contribution >= 4 is 5.69 Å². The number of alkyl halides is 6. The average molecular weight is 453 g/mol. The Kier molecular flexibility index (Phi) is 5.07. The third-order valence-corrected chi connectivity index (χ3v) is 5.07. The SMILES string of the molecule is CC1Cc2c(ccc(C#N)c2C(F)(F)F)N1Cc1noc(-c2cccc(C(F)(F)F)n2)n1. The minimum atomic E-state index is -4.69. The van der Waals surface area contributed by atoms with E-state index in [9.17, 15) is 26.3 Å². The zero-order valence-corrected chi connectivity index (χ0v) is 16.3. The fourth-order valence-electron chi connectivity index (χ4n) is 3.70. The van der Waals surface area contributed by atoms with Crippen LogP contribution in [-0.4, -0.2) is 21.2 Å². The summed E-state index contributed by atoms with van der Waals surface area (Å²) >= 11 is 0. The van der Waals surface area contributed by atoms with Gasteiger partial charge in [-0.2, -0.15) is 36.6 Å². The normalized spacial score (nSPS) is 16.2. The Balaban J connectivity index is 1.64. The molecule has 0 amide bonds. The van der Waals surface area contributed by atoms with Gasteiger partial charge < -0.3 is 9.42 Å². The second-order valence-corrected chi connectivity index (χ2v) is 7.20. The number of pyridine rings is 1. The summed E-state index contributed by atoms with van der Waals surface area (Å²) in [7, 11) is 0. The first-order chi connectivity index (χ1) is 15.0. The molecule has 0 spiro atoms. The van der Waals surface area contributed by atoms with Crippen LogP contribution in [0.25, 0.3) is 11.6 Å². The molecule has 0 radical (unpaired) electrons. The van der Waals surface area contributed by atoms with Crippen molar-refractivity contribution in [2.75, 3.05) is 4.90 Å². The quantitative estimate of drug-likeness (QED) is 0.520. The summed E-state index contributed by atoms with van der Waals surface area (Å²) in [5.41, 5.74) is -2.42. The van der Waals surface area contributed by atoms with Gasteiger partial charge in [-0.1, -0.05) is 11.2 Å².